The minimum Gasteiger partial charge on any atom is -0.496 e. The van der Waals surface area contributed by atoms with Crippen molar-refractivity contribution in [2.24, 2.45) is 11.3 Å². The van der Waals surface area contributed by atoms with Crippen molar-refractivity contribution in [1.82, 2.24) is 20.5 Å². The van der Waals surface area contributed by atoms with Crippen LogP contribution in [0.25, 0.3) is 10.9 Å². The molecule has 3 heterocycles. The van der Waals surface area contributed by atoms with Gasteiger partial charge in [-0.05, 0) is 55.7 Å². The van der Waals surface area contributed by atoms with Crippen LogP contribution in [-0.4, -0.2) is 59.9 Å². The topological polar surface area (TPSA) is 127 Å². The Morgan fingerprint density at radius 2 is 2.21 bits per heavy atom. The Labute approximate surface area is 191 Å². The van der Waals surface area contributed by atoms with Gasteiger partial charge >= 0.3 is 0 Å². The van der Waals surface area contributed by atoms with E-state index in [4.69, 9.17) is 4.74 Å². The minimum absolute atomic E-state index is 0.00511. The van der Waals surface area contributed by atoms with Gasteiger partial charge < -0.3 is 25.3 Å². The Morgan fingerprint density at radius 1 is 1.39 bits per heavy atom. The number of carbonyl (C=O) groups is 3. The van der Waals surface area contributed by atoms with Crippen molar-refractivity contribution in [2.45, 2.75) is 44.2 Å². The van der Waals surface area contributed by atoms with Crippen LogP contribution >= 0.6 is 0 Å². The molecule has 3 amide bonds. The van der Waals surface area contributed by atoms with Crippen molar-refractivity contribution < 1.29 is 19.1 Å². The van der Waals surface area contributed by atoms with Gasteiger partial charge in [0.2, 0.25) is 11.8 Å². The monoisotopic (exact) mass is 449 g/mol. The molecule has 0 radical (unpaired) electrons. The molecule has 3 N–H and O–H groups in total. The molecule has 1 spiro atoms. The molecule has 2 aliphatic heterocycles. The lowest BCUT2D eigenvalue weighted by molar-refractivity contribution is -0.126. The number of hydrogen-bond acceptors (Lipinski definition) is 5. The molecular formula is C24H27N5O4. The van der Waals surface area contributed by atoms with Crippen LogP contribution in [0.3, 0.4) is 0 Å². The third-order valence-corrected chi connectivity index (χ3v) is 7.26. The van der Waals surface area contributed by atoms with Crippen LogP contribution in [0, 0.1) is 22.7 Å². The van der Waals surface area contributed by atoms with Crippen LogP contribution in [0.4, 0.5) is 0 Å². The molecule has 9 nitrogen and oxygen atoms in total. The van der Waals surface area contributed by atoms with Gasteiger partial charge in [-0.25, -0.2) is 0 Å². The van der Waals surface area contributed by atoms with E-state index in [0.29, 0.717) is 37.4 Å². The maximum Gasteiger partial charge on any atom is 0.271 e. The van der Waals surface area contributed by atoms with Crippen LogP contribution in [0.1, 0.15) is 42.6 Å². The smallest absolute Gasteiger partial charge is 0.271 e. The number of methoxy groups -OCH3 is 1. The molecule has 2 saturated heterocycles. The van der Waals surface area contributed by atoms with Gasteiger partial charge in [0.05, 0.1) is 13.2 Å². The molecule has 1 saturated carbocycles. The van der Waals surface area contributed by atoms with Crippen LogP contribution in [-0.2, 0) is 9.59 Å². The molecule has 1 aromatic heterocycles. The molecule has 33 heavy (non-hydrogen) atoms. The standard InChI is InChI=1S/C24H27N5O4/c1-33-20-4-2-3-17-16(20)10-18(28-17)23(32)29-13-24(6-7-24)11-19(29)22(31)27-15(12-25)9-14-5-8-26-21(14)30/h2-4,10,14-15,19,28H,5-9,11,13H2,1H3,(H,26,30)(H,27,31)/t14-,15?,19?/m0/s1. The summed E-state index contributed by atoms with van der Waals surface area (Å²) in [6, 6.07) is 8.03. The number of aromatic amines is 1. The van der Waals surface area contributed by atoms with E-state index in [1.54, 1.807) is 18.1 Å². The van der Waals surface area contributed by atoms with Crippen LogP contribution in [0.5, 0.6) is 5.75 Å². The lowest BCUT2D eigenvalue weighted by Crippen LogP contribution is -2.49. The number of nitrogens with one attached hydrogen (secondary N) is 3. The lowest BCUT2D eigenvalue weighted by atomic mass is 9.98. The van der Waals surface area contributed by atoms with Crippen molar-refractivity contribution >= 4 is 28.6 Å². The molecule has 2 aromatic rings. The highest BCUT2D eigenvalue weighted by Crippen LogP contribution is 2.55. The largest absolute Gasteiger partial charge is 0.496 e. The van der Waals surface area contributed by atoms with Crippen molar-refractivity contribution in [3.63, 3.8) is 0 Å². The molecule has 1 aromatic carbocycles. The van der Waals surface area contributed by atoms with E-state index in [9.17, 15) is 19.6 Å². The van der Waals surface area contributed by atoms with E-state index in [0.717, 1.165) is 23.7 Å². The zero-order chi connectivity index (χ0) is 23.2. The normalized spacial score (nSPS) is 23.9. The van der Waals surface area contributed by atoms with Gasteiger partial charge in [-0.1, -0.05) is 6.07 Å². The van der Waals surface area contributed by atoms with Gasteiger partial charge in [-0.3, -0.25) is 14.4 Å². The molecule has 1 aliphatic carbocycles. The van der Waals surface area contributed by atoms with Crippen molar-refractivity contribution in [2.75, 3.05) is 20.2 Å². The SMILES string of the molecule is COc1cccc2[nH]c(C(=O)N3CC4(CC4)CC3C(=O)NC(C#N)C[C@@H]3CCNC3=O)cc12. The van der Waals surface area contributed by atoms with E-state index in [2.05, 4.69) is 21.7 Å². The third-order valence-electron chi connectivity index (χ3n) is 7.26. The van der Waals surface area contributed by atoms with Gasteiger partial charge in [0, 0.05) is 29.9 Å². The van der Waals surface area contributed by atoms with E-state index >= 15 is 0 Å². The second-order valence-electron chi connectivity index (χ2n) is 9.46. The van der Waals surface area contributed by atoms with E-state index < -0.39 is 12.1 Å². The van der Waals surface area contributed by atoms with Crippen LogP contribution in [0.15, 0.2) is 24.3 Å². The van der Waals surface area contributed by atoms with Gasteiger partial charge in [0.1, 0.15) is 23.5 Å². The number of carbonyl (C=O) groups excluding carboxylic acids is 3. The van der Waals surface area contributed by atoms with E-state index in [1.807, 2.05) is 18.2 Å². The summed E-state index contributed by atoms with van der Waals surface area (Å²) in [4.78, 5) is 43.4. The van der Waals surface area contributed by atoms with E-state index in [1.165, 1.54) is 0 Å². The summed E-state index contributed by atoms with van der Waals surface area (Å²) in [5.41, 5.74) is 1.19. The number of H-pyrrole nitrogens is 1. The highest BCUT2D eigenvalue weighted by Gasteiger charge is 2.55. The first-order valence-electron chi connectivity index (χ1n) is 11.4. The number of aromatic nitrogens is 1. The number of ether oxygens (including phenoxy) is 1. The Hall–Kier alpha value is -3.54. The zero-order valence-corrected chi connectivity index (χ0v) is 18.5. The summed E-state index contributed by atoms with van der Waals surface area (Å²) in [5.74, 6) is -0.239. The molecular weight excluding hydrogens is 422 g/mol. The molecule has 0 bridgehead atoms. The summed E-state index contributed by atoms with van der Waals surface area (Å²) in [7, 11) is 1.59. The van der Waals surface area contributed by atoms with Crippen molar-refractivity contribution in [1.29, 1.82) is 5.26 Å². The van der Waals surface area contributed by atoms with Crippen molar-refractivity contribution in [3.05, 3.63) is 30.0 Å². The highest BCUT2D eigenvalue weighted by molar-refractivity contribution is 6.02. The van der Waals surface area contributed by atoms with Gasteiger partial charge in [0.15, 0.2) is 0 Å². The molecule has 172 valence electrons. The molecule has 5 rings (SSSR count). The first-order valence-corrected chi connectivity index (χ1v) is 11.4. The van der Waals surface area contributed by atoms with Crippen LogP contribution < -0.4 is 15.4 Å². The van der Waals surface area contributed by atoms with Gasteiger partial charge in [0.25, 0.3) is 5.91 Å². The fourth-order valence-electron chi connectivity index (χ4n) is 5.18. The molecule has 3 atom stereocenters. The number of amides is 3. The summed E-state index contributed by atoms with van der Waals surface area (Å²) in [5, 5.41) is 15.9. The predicted octanol–water partition coefficient (Wildman–Crippen LogP) is 1.71. The lowest BCUT2D eigenvalue weighted by Gasteiger charge is -2.25. The zero-order valence-electron chi connectivity index (χ0n) is 18.5. The molecule has 2 unspecified atom stereocenters. The fourth-order valence-corrected chi connectivity index (χ4v) is 5.18. The number of rotatable bonds is 6. The second kappa shape index (κ2) is 8.10. The summed E-state index contributed by atoms with van der Waals surface area (Å²) >= 11 is 0. The number of nitrogens with zero attached hydrogens (tertiary/aromatic N) is 2. The van der Waals surface area contributed by atoms with Crippen molar-refractivity contribution in [3.8, 4) is 11.8 Å². The molecule has 3 aliphatic rings. The first kappa shape index (κ1) is 21.3. The molecule has 9 heteroatoms. The van der Waals surface area contributed by atoms with Crippen LogP contribution in [0.2, 0.25) is 0 Å². The first-order chi connectivity index (χ1) is 15.9. The average molecular weight is 450 g/mol. The number of fused-ring (bicyclic) bond motifs is 1. The Balaban J connectivity index is 1.34. The Kier molecular flexibility index (Phi) is 5.23. The second-order valence-corrected chi connectivity index (χ2v) is 9.46. The average Bonchev–Trinajstić information content (AvgIpc) is 3.13. The Bertz CT molecular complexity index is 1160. The predicted molar refractivity (Wildman–Crippen MR) is 119 cm³/mol. The number of hydrogen-bond donors (Lipinski definition) is 3. The summed E-state index contributed by atoms with van der Waals surface area (Å²) < 4.78 is 5.40. The van der Waals surface area contributed by atoms with Gasteiger partial charge in [-0.15, -0.1) is 0 Å². The number of benzene rings is 1. The quantitative estimate of drug-likeness (QED) is 0.619. The summed E-state index contributed by atoms with van der Waals surface area (Å²) in [6.45, 7) is 1.12. The van der Waals surface area contributed by atoms with E-state index in [-0.39, 0.29) is 35.5 Å². The van der Waals surface area contributed by atoms with Gasteiger partial charge in [-0.2, -0.15) is 5.26 Å². The molecule has 3 fully saturated rings. The third kappa shape index (κ3) is 3.90. The highest BCUT2D eigenvalue weighted by atomic mass is 16.5. The maximum absolute atomic E-state index is 13.5. The maximum atomic E-state index is 13.5. The minimum atomic E-state index is -0.767. The number of likely N-dealkylation sites (tertiary alicyclic amines) is 1. The number of nitriles is 1. The summed E-state index contributed by atoms with van der Waals surface area (Å²) in [6.07, 6.45) is 3.52. The Morgan fingerprint density at radius 3 is 2.88 bits per heavy atom. The fraction of sp³-hybridized carbons (Fsp3) is 0.500.